The fraction of sp³-hybridized carbons (Fsp3) is 0.538. The van der Waals surface area contributed by atoms with E-state index in [1.807, 2.05) is 32.0 Å². The monoisotopic (exact) mass is 269 g/mol. The fourth-order valence-electron chi connectivity index (χ4n) is 1.90. The van der Waals surface area contributed by atoms with Gasteiger partial charge in [-0.1, -0.05) is 6.92 Å². The maximum atomic E-state index is 12.2. The van der Waals surface area contributed by atoms with Crippen molar-refractivity contribution in [1.29, 1.82) is 0 Å². The summed E-state index contributed by atoms with van der Waals surface area (Å²) in [6, 6.07) is 5.75. The molecule has 2 atom stereocenters. The minimum atomic E-state index is -1.01. The molecular weight excluding hydrogens is 250 g/mol. The van der Waals surface area contributed by atoms with E-state index in [1.165, 1.54) is 0 Å². The summed E-state index contributed by atoms with van der Waals surface area (Å²) < 4.78 is 23.1. The number of hydrogen-bond donors (Lipinski definition) is 1. The highest BCUT2D eigenvalue weighted by atomic mass is 32.2. The summed E-state index contributed by atoms with van der Waals surface area (Å²) in [5.74, 6) is 2.04. The first-order chi connectivity index (χ1) is 8.70. The minimum Gasteiger partial charge on any atom is -0.486 e. The summed E-state index contributed by atoms with van der Waals surface area (Å²) in [6.45, 7) is 6.10. The van der Waals surface area contributed by atoms with Crippen molar-refractivity contribution in [2.75, 3.05) is 25.5 Å². The van der Waals surface area contributed by atoms with Crippen molar-refractivity contribution in [3.63, 3.8) is 0 Å². The van der Waals surface area contributed by atoms with Gasteiger partial charge in [-0.2, -0.15) is 0 Å². The second-order valence-electron chi connectivity index (χ2n) is 4.28. The van der Waals surface area contributed by atoms with Gasteiger partial charge in [-0.25, -0.2) is 0 Å². The Balaban J connectivity index is 2.06. The molecule has 1 aliphatic heterocycles. The highest BCUT2D eigenvalue weighted by Gasteiger charge is 2.15. The van der Waals surface area contributed by atoms with Gasteiger partial charge >= 0.3 is 0 Å². The predicted octanol–water partition coefficient (Wildman–Crippen LogP) is 1.56. The molecule has 0 bridgehead atoms. The molecule has 2 rings (SSSR count). The summed E-state index contributed by atoms with van der Waals surface area (Å²) in [7, 11) is -1.01. The van der Waals surface area contributed by atoms with E-state index >= 15 is 0 Å². The molecule has 1 N–H and O–H groups in total. The topological polar surface area (TPSA) is 47.6 Å². The van der Waals surface area contributed by atoms with Crippen molar-refractivity contribution in [3.8, 4) is 11.5 Å². The lowest BCUT2D eigenvalue weighted by Crippen LogP contribution is -2.30. The molecule has 5 heteroatoms. The van der Waals surface area contributed by atoms with Crippen LogP contribution in [0.25, 0.3) is 0 Å². The normalized spacial score (nSPS) is 17.2. The van der Waals surface area contributed by atoms with Crippen LogP contribution in [-0.4, -0.2) is 35.8 Å². The van der Waals surface area contributed by atoms with E-state index in [4.69, 9.17) is 9.47 Å². The first kappa shape index (κ1) is 13.4. The van der Waals surface area contributed by atoms with Gasteiger partial charge in [0.05, 0.1) is 10.8 Å². The first-order valence-corrected chi connectivity index (χ1v) is 7.54. The number of rotatable bonds is 5. The lowest BCUT2D eigenvalue weighted by molar-refractivity contribution is 0.171. The van der Waals surface area contributed by atoms with Crippen molar-refractivity contribution in [1.82, 2.24) is 5.32 Å². The number of fused-ring (bicyclic) bond motifs is 1. The van der Waals surface area contributed by atoms with Crippen LogP contribution in [0.5, 0.6) is 11.5 Å². The molecule has 0 aliphatic carbocycles. The van der Waals surface area contributed by atoms with Crippen LogP contribution in [0.3, 0.4) is 0 Å². The van der Waals surface area contributed by atoms with Crippen LogP contribution in [0.1, 0.15) is 13.8 Å². The lowest BCUT2D eigenvalue weighted by atomic mass is 10.3. The molecule has 1 aliphatic rings. The summed E-state index contributed by atoms with van der Waals surface area (Å²) in [4.78, 5) is 0.795. The maximum Gasteiger partial charge on any atom is 0.162 e. The Morgan fingerprint density at radius 1 is 1.33 bits per heavy atom. The molecule has 0 aromatic heterocycles. The Morgan fingerprint density at radius 2 is 2.06 bits per heavy atom. The van der Waals surface area contributed by atoms with Gasteiger partial charge in [0, 0.05) is 22.8 Å². The molecule has 1 aromatic carbocycles. The third-order valence-electron chi connectivity index (χ3n) is 2.73. The summed E-state index contributed by atoms with van der Waals surface area (Å²) >= 11 is 0. The Morgan fingerprint density at radius 3 is 2.78 bits per heavy atom. The largest absolute Gasteiger partial charge is 0.486 e. The molecule has 0 spiro atoms. The van der Waals surface area contributed by atoms with Crippen molar-refractivity contribution >= 4 is 10.8 Å². The SMILES string of the molecule is CCNC(C)CS(=O)c1ccc2c(c1)OCCO2. The molecule has 18 heavy (non-hydrogen) atoms. The zero-order valence-electron chi connectivity index (χ0n) is 10.8. The molecular formula is C13H19NO3S. The quantitative estimate of drug-likeness (QED) is 0.881. The zero-order chi connectivity index (χ0) is 13.0. The third-order valence-corrected chi connectivity index (χ3v) is 4.31. The third kappa shape index (κ3) is 3.23. The van der Waals surface area contributed by atoms with E-state index < -0.39 is 10.8 Å². The molecule has 0 saturated heterocycles. The van der Waals surface area contributed by atoms with Crippen molar-refractivity contribution in [3.05, 3.63) is 18.2 Å². The standard InChI is InChI=1S/C13H19NO3S/c1-3-14-10(2)9-18(15)11-4-5-12-13(8-11)17-7-6-16-12/h4-5,8,10,14H,3,6-7,9H2,1-2H3. The lowest BCUT2D eigenvalue weighted by Gasteiger charge is -2.19. The first-order valence-electron chi connectivity index (χ1n) is 6.22. The zero-order valence-corrected chi connectivity index (χ0v) is 11.6. The van der Waals surface area contributed by atoms with Crippen LogP contribution in [-0.2, 0) is 10.8 Å². The van der Waals surface area contributed by atoms with Gasteiger partial charge in [0.1, 0.15) is 13.2 Å². The van der Waals surface area contributed by atoms with Gasteiger partial charge in [-0.05, 0) is 25.6 Å². The highest BCUT2D eigenvalue weighted by molar-refractivity contribution is 7.85. The van der Waals surface area contributed by atoms with Crippen LogP contribution in [0.2, 0.25) is 0 Å². The molecule has 0 saturated carbocycles. The van der Waals surface area contributed by atoms with Crippen LogP contribution >= 0.6 is 0 Å². The smallest absolute Gasteiger partial charge is 0.162 e. The molecule has 2 unspecified atom stereocenters. The Labute approximate surface area is 110 Å². The van der Waals surface area contributed by atoms with Gasteiger partial charge in [-0.3, -0.25) is 4.21 Å². The van der Waals surface area contributed by atoms with Crippen LogP contribution in [0, 0.1) is 0 Å². The minimum absolute atomic E-state index is 0.240. The number of nitrogens with one attached hydrogen (secondary N) is 1. The fourth-order valence-corrected chi connectivity index (χ4v) is 3.12. The summed E-state index contributed by atoms with van der Waals surface area (Å²) in [6.07, 6.45) is 0. The van der Waals surface area contributed by atoms with E-state index in [9.17, 15) is 4.21 Å². The van der Waals surface area contributed by atoms with Crippen LogP contribution in [0.4, 0.5) is 0 Å². The maximum absolute atomic E-state index is 12.2. The van der Waals surface area contributed by atoms with Crippen LogP contribution in [0.15, 0.2) is 23.1 Å². The van der Waals surface area contributed by atoms with E-state index in [0.29, 0.717) is 24.7 Å². The van der Waals surface area contributed by atoms with Gasteiger partial charge in [0.15, 0.2) is 11.5 Å². The summed E-state index contributed by atoms with van der Waals surface area (Å²) in [5, 5.41) is 3.26. The second kappa shape index (κ2) is 6.20. The van der Waals surface area contributed by atoms with Crippen molar-refractivity contribution in [2.45, 2.75) is 24.8 Å². The Hall–Kier alpha value is -1.07. The van der Waals surface area contributed by atoms with Crippen molar-refractivity contribution < 1.29 is 13.7 Å². The van der Waals surface area contributed by atoms with Crippen molar-refractivity contribution in [2.24, 2.45) is 0 Å². The average molecular weight is 269 g/mol. The van der Waals surface area contributed by atoms with Crippen LogP contribution < -0.4 is 14.8 Å². The number of hydrogen-bond acceptors (Lipinski definition) is 4. The molecule has 0 fully saturated rings. The summed E-state index contributed by atoms with van der Waals surface area (Å²) in [5.41, 5.74) is 0. The number of benzene rings is 1. The molecule has 100 valence electrons. The average Bonchev–Trinajstić information content (AvgIpc) is 2.38. The highest BCUT2D eigenvalue weighted by Crippen LogP contribution is 2.31. The van der Waals surface area contributed by atoms with Gasteiger partial charge < -0.3 is 14.8 Å². The van der Waals surface area contributed by atoms with E-state index in [-0.39, 0.29) is 6.04 Å². The number of ether oxygens (including phenoxy) is 2. The molecule has 1 heterocycles. The van der Waals surface area contributed by atoms with Gasteiger partial charge in [0.2, 0.25) is 0 Å². The molecule has 4 nitrogen and oxygen atoms in total. The van der Waals surface area contributed by atoms with E-state index in [1.54, 1.807) is 0 Å². The van der Waals surface area contributed by atoms with Gasteiger partial charge in [-0.15, -0.1) is 0 Å². The Bertz CT molecular complexity index is 436. The van der Waals surface area contributed by atoms with E-state index in [2.05, 4.69) is 5.32 Å². The Kier molecular flexibility index (Phi) is 4.60. The van der Waals surface area contributed by atoms with Gasteiger partial charge in [0.25, 0.3) is 0 Å². The predicted molar refractivity (Wildman–Crippen MR) is 71.8 cm³/mol. The molecule has 0 amide bonds. The van der Waals surface area contributed by atoms with E-state index in [0.717, 1.165) is 17.2 Å². The molecule has 0 radical (unpaired) electrons. The molecule has 1 aromatic rings. The second-order valence-corrected chi connectivity index (χ2v) is 5.77.